The molecule has 90 valence electrons. The number of hydrogen-bond acceptors (Lipinski definition) is 3. The Morgan fingerprint density at radius 3 is 2.69 bits per heavy atom. The molecule has 0 spiro atoms. The molecule has 0 aliphatic carbocycles. The van der Waals surface area contributed by atoms with Crippen LogP contribution >= 0.6 is 0 Å². The molecular weight excluding hydrogens is 229 g/mol. The fourth-order valence-electron chi connectivity index (χ4n) is 0.978. The Morgan fingerprint density at radius 2 is 2.25 bits per heavy atom. The lowest BCUT2D eigenvalue weighted by molar-refractivity contribution is -0.203. The van der Waals surface area contributed by atoms with Crippen molar-refractivity contribution in [2.75, 3.05) is 6.61 Å². The molecule has 0 radical (unpaired) electrons. The van der Waals surface area contributed by atoms with Crippen molar-refractivity contribution in [2.45, 2.75) is 12.8 Å². The normalized spacial score (nSPS) is 13.7. The molecule has 16 heavy (non-hydrogen) atoms. The second kappa shape index (κ2) is 5.02. The standard InChI is InChI=1S/C9H9F3O4/c10-9(11,12)7(8(13)14)5-15-4-6-2-1-3-16-6/h1-3,7H,4-5H2,(H,13,14). The molecule has 4 nitrogen and oxygen atoms in total. The number of hydrogen-bond donors (Lipinski definition) is 1. The molecule has 1 N–H and O–H groups in total. The van der Waals surface area contributed by atoms with Crippen molar-refractivity contribution >= 4 is 5.97 Å². The average molecular weight is 238 g/mol. The van der Waals surface area contributed by atoms with Gasteiger partial charge in [-0.3, -0.25) is 4.79 Å². The summed E-state index contributed by atoms with van der Waals surface area (Å²) >= 11 is 0. The lowest BCUT2D eigenvalue weighted by Gasteiger charge is -2.15. The van der Waals surface area contributed by atoms with Gasteiger partial charge in [0.05, 0.1) is 12.9 Å². The second-order valence-corrected chi connectivity index (χ2v) is 3.03. The molecule has 0 aromatic carbocycles. The molecule has 0 amide bonds. The molecule has 0 bridgehead atoms. The number of carboxylic acid groups (broad SMARTS) is 1. The molecule has 1 unspecified atom stereocenters. The molecule has 0 aliphatic rings. The Morgan fingerprint density at radius 1 is 1.56 bits per heavy atom. The Balaban J connectivity index is 2.42. The molecule has 0 fully saturated rings. The summed E-state index contributed by atoms with van der Waals surface area (Å²) in [6.45, 7) is -1.12. The third-order valence-corrected chi connectivity index (χ3v) is 1.80. The fourth-order valence-corrected chi connectivity index (χ4v) is 0.978. The summed E-state index contributed by atoms with van der Waals surface area (Å²) in [6.07, 6.45) is -3.47. The Labute approximate surface area is 88.6 Å². The van der Waals surface area contributed by atoms with E-state index in [1.165, 1.54) is 12.3 Å². The zero-order chi connectivity index (χ0) is 12.2. The van der Waals surface area contributed by atoms with E-state index in [-0.39, 0.29) is 6.61 Å². The summed E-state index contributed by atoms with van der Waals surface area (Å²) in [6, 6.07) is 3.07. The van der Waals surface area contributed by atoms with Crippen LogP contribution < -0.4 is 0 Å². The van der Waals surface area contributed by atoms with Crippen LogP contribution in [0.3, 0.4) is 0 Å². The van der Waals surface area contributed by atoms with E-state index in [0.717, 1.165) is 0 Å². The van der Waals surface area contributed by atoms with E-state index in [2.05, 4.69) is 4.74 Å². The van der Waals surface area contributed by atoms with Crippen LogP contribution in [0.1, 0.15) is 5.76 Å². The van der Waals surface area contributed by atoms with Gasteiger partial charge in [0, 0.05) is 0 Å². The highest BCUT2D eigenvalue weighted by atomic mass is 19.4. The van der Waals surface area contributed by atoms with E-state index in [9.17, 15) is 18.0 Å². The van der Waals surface area contributed by atoms with Gasteiger partial charge in [-0.2, -0.15) is 13.2 Å². The van der Waals surface area contributed by atoms with Crippen molar-refractivity contribution < 1.29 is 32.2 Å². The van der Waals surface area contributed by atoms with Gasteiger partial charge in [0.25, 0.3) is 0 Å². The van der Waals surface area contributed by atoms with Gasteiger partial charge in [0.1, 0.15) is 12.4 Å². The predicted molar refractivity (Wildman–Crippen MR) is 45.5 cm³/mol. The maximum atomic E-state index is 12.2. The average Bonchev–Trinajstić information content (AvgIpc) is 2.61. The van der Waals surface area contributed by atoms with Gasteiger partial charge < -0.3 is 14.3 Å². The van der Waals surface area contributed by atoms with E-state index >= 15 is 0 Å². The first-order valence-electron chi connectivity index (χ1n) is 4.31. The first-order chi connectivity index (χ1) is 7.41. The third kappa shape index (κ3) is 3.58. The van der Waals surface area contributed by atoms with Gasteiger partial charge in [-0.15, -0.1) is 0 Å². The summed E-state index contributed by atoms with van der Waals surface area (Å²) < 4.78 is 45.9. The van der Waals surface area contributed by atoms with Gasteiger partial charge in [-0.25, -0.2) is 0 Å². The summed E-state index contributed by atoms with van der Waals surface area (Å²) in [7, 11) is 0. The second-order valence-electron chi connectivity index (χ2n) is 3.03. The van der Waals surface area contributed by atoms with Crippen molar-refractivity contribution in [3.8, 4) is 0 Å². The fraction of sp³-hybridized carbons (Fsp3) is 0.444. The smallest absolute Gasteiger partial charge is 0.404 e. The predicted octanol–water partition coefficient (Wildman–Crippen LogP) is 2.06. The molecule has 1 rings (SSSR count). The minimum Gasteiger partial charge on any atom is -0.481 e. The SMILES string of the molecule is O=C(O)C(COCc1ccco1)C(F)(F)F. The minimum atomic E-state index is -4.81. The lowest BCUT2D eigenvalue weighted by atomic mass is 10.1. The van der Waals surface area contributed by atoms with Crippen LogP contribution in [0.15, 0.2) is 22.8 Å². The van der Waals surface area contributed by atoms with Crippen LogP contribution in [0.4, 0.5) is 13.2 Å². The maximum Gasteiger partial charge on any atom is 0.404 e. The first-order valence-corrected chi connectivity index (χ1v) is 4.31. The Bertz CT molecular complexity index is 331. The van der Waals surface area contributed by atoms with E-state index < -0.39 is 24.7 Å². The summed E-state index contributed by atoms with van der Waals surface area (Å²) in [4.78, 5) is 10.3. The number of aliphatic carboxylic acids is 1. The number of alkyl halides is 3. The van der Waals surface area contributed by atoms with Crippen LogP contribution in [-0.2, 0) is 16.1 Å². The zero-order valence-corrected chi connectivity index (χ0v) is 8.03. The molecule has 1 aromatic rings. The van der Waals surface area contributed by atoms with Crippen LogP contribution in [0.25, 0.3) is 0 Å². The molecule has 0 saturated heterocycles. The van der Waals surface area contributed by atoms with Crippen LogP contribution in [0.2, 0.25) is 0 Å². The highest BCUT2D eigenvalue weighted by molar-refractivity contribution is 5.71. The van der Waals surface area contributed by atoms with Gasteiger partial charge in [0.15, 0.2) is 5.92 Å². The number of halogens is 3. The van der Waals surface area contributed by atoms with Crippen molar-refractivity contribution in [1.82, 2.24) is 0 Å². The first kappa shape index (κ1) is 12.6. The molecule has 1 aromatic heterocycles. The summed E-state index contributed by atoms with van der Waals surface area (Å²) in [5.74, 6) is -4.12. The minimum absolute atomic E-state index is 0.188. The summed E-state index contributed by atoms with van der Waals surface area (Å²) in [5.41, 5.74) is 0. The number of carboxylic acids is 1. The van der Waals surface area contributed by atoms with E-state index in [1.54, 1.807) is 6.07 Å². The van der Waals surface area contributed by atoms with Crippen LogP contribution in [0, 0.1) is 5.92 Å². The lowest BCUT2D eigenvalue weighted by Crippen LogP contribution is -2.34. The van der Waals surface area contributed by atoms with Crippen LogP contribution in [-0.4, -0.2) is 23.9 Å². The van der Waals surface area contributed by atoms with E-state index in [0.29, 0.717) is 5.76 Å². The molecule has 0 aliphatic heterocycles. The topological polar surface area (TPSA) is 59.7 Å². The molecule has 7 heteroatoms. The number of furan rings is 1. The van der Waals surface area contributed by atoms with Crippen molar-refractivity contribution in [1.29, 1.82) is 0 Å². The molecular formula is C9H9F3O4. The maximum absolute atomic E-state index is 12.2. The van der Waals surface area contributed by atoms with Crippen LogP contribution in [0.5, 0.6) is 0 Å². The highest BCUT2D eigenvalue weighted by Crippen LogP contribution is 2.26. The van der Waals surface area contributed by atoms with Crippen molar-refractivity contribution in [2.24, 2.45) is 5.92 Å². The number of carbonyl (C=O) groups is 1. The molecule has 1 atom stereocenters. The Hall–Kier alpha value is -1.50. The van der Waals surface area contributed by atoms with Crippen molar-refractivity contribution in [3.63, 3.8) is 0 Å². The van der Waals surface area contributed by atoms with E-state index in [1.807, 2.05) is 0 Å². The number of rotatable bonds is 5. The quantitative estimate of drug-likeness (QED) is 0.852. The molecule has 0 saturated carbocycles. The summed E-state index contributed by atoms with van der Waals surface area (Å²) in [5, 5.41) is 8.34. The Kier molecular flexibility index (Phi) is 3.94. The monoisotopic (exact) mass is 238 g/mol. The zero-order valence-electron chi connectivity index (χ0n) is 8.03. The third-order valence-electron chi connectivity index (χ3n) is 1.80. The van der Waals surface area contributed by atoms with Crippen molar-refractivity contribution in [3.05, 3.63) is 24.2 Å². The highest BCUT2D eigenvalue weighted by Gasteiger charge is 2.45. The van der Waals surface area contributed by atoms with Gasteiger partial charge in [-0.05, 0) is 12.1 Å². The van der Waals surface area contributed by atoms with Gasteiger partial charge in [-0.1, -0.05) is 0 Å². The van der Waals surface area contributed by atoms with E-state index in [4.69, 9.17) is 9.52 Å². The van der Waals surface area contributed by atoms with Gasteiger partial charge >= 0.3 is 12.1 Å². The molecule has 1 heterocycles. The largest absolute Gasteiger partial charge is 0.481 e. The number of ether oxygens (including phenoxy) is 1. The van der Waals surface area contributed by atoms with Gasteiger partial charge in [0.2, 0.25) is 0 Å².